The van der Waals surface area contributed by atoms with Crippen molar-refractivity contribution in [3.05, 3.63) is 42.0 Å². The van der Waals surface area contributed by atoms with E-state index in [1.165, 1.54) is 0 Å². The number of methoxy groups -OCH3 is 2. The average Bonchev–Trinajstić information content (AvgIpc) is 2.73. The Morgan fingerprint density at radius 1 is 1.11 bits per heavy atom. The molecule has 0 saturated carbocycles. The molecule has 0 aliphatic carbocycles. The normalized spacial score (nSPS) is 19.4. The van der Waals surface area contributed by atoms with Gasteiger partial charge in [-0.3, -0.25) is 4.79 Å². The summed E-state index contributed by atoms with van der Waals surface area (Å²) >= 11 is 0. The van der Waals surface area contributed by atoms with Crippen molar-refractivity contribution in [2.45, 2.75) is 31.8 Å². The number of hydrogen-bond donors (Lipinski definition) is 1. The van der Waals surface area contributed by atoms with Crippen LogP contribution in [-0.2, 0) is 0 Å². The van der Waals surface area contributed by atoms with E-state index in [1.54, 1.807) is 14.2 Å². The minimum atomic E-state index is -0.233. The molecular weight excluding hydrogens is 342 g/mol. The maximum Gasteiger partial charge on any atom is 0.154 e. The lowest BCUT2D eigenvalue weighted by Crippen LogP contribution is -2.49. The second kappa shape index (κ2) is 8.44. The van der Waals surface area contributed by atoms with Crippen LogP contribution in [0.25, 0.3) is 11.1 Å². The number of piperidine rings is 1. The van der Waals surface area contributed by atoms with E-state index < -0.39 is 0 Å². The number of rotatable bonds is 7. The fourth-order valence-corrected chi connectivity index (χ4v) is 3.61. The summed E-state index contributed by atoms with van der Waals surface area (Å²) < 4.78 is 17.2. The van der Waals surface area contributed by atoms with Crippen LogP contribution in [0.2, 0.25) is 0 Å². The SMILES string of the molecule is CCC1(Oc2cc(OC)c(C=O)c(-c3ccc(OC)cc3)c2)CCCNC1. The van der Waals surface area contributed by atoms with Crippen molar-refractivity contribution < 1.29 is 19.0 Å². The molecule has 1 fully saturated rings. The van der Waals surface area contributed by atoms with Gasteiger partial charge in [0, 0.05) is 12.6 Å². The van der Waals surface area contributed by atoms with Crippen LogP contribution in [0.15, 0.2) is 36.4 Å². The summed E-state index contributed by atoms with van der Waals surface area (Å²) in [6.45, 7) is 3.99. The minimum absolute atomic E-state index is 0.233. The minimum Gasteiger partial charge on any atom is -0.497 e. The molecule has 5 heteroatoms. The quantitative estimate of drug-likeness (QED) is 0.745. The lowest BCUT2D eigenvalue weighted by molar-refractivity contribution is 0.0389. The molecule has 2 aromatic carbocycles. The van der Waals surface area contributed by atoms with Crippen LogP contribution < -0.4 is 19.5 Å². The summed E-state index contributed by atoms with van der Waals surface area (Å²) in [5, 5.41) is 3.43. The van der Waals surface area contributed by atoms with Crippen LogP contribution in [-0.4, -0.2) is 39.2 Å². The zero-order chi connectivity index (χ0) is 19.3. The highest BCUT2D eigenvalue weighted by atomic mass is 16.5. The highest BCUT2D eigenvalue weighted by molar-refractivity contribution is 5.92. The van der Waals surface area contributed by atoms with Crippen molar-refractivity contribution in [1.29, 1.82) is 0 Å². The summed E-state index contributed by atoms with van der Waals surface area (Å²) in [5.74, 6) is 2.00. The van der Waals surface area contributed by atoms with Crippen LogP contribution in [0.5, 0.6) is 17.2 Å². The highest BCUT2D eigenvalue weighted by Crippen LogP contribution is 2.37. The Kier molecular flexibility index (Phi) is 6.01. The Morgan fingerprint density at radius 3 is 2.44 bits per heavy atom. The highest BCUT2D eigenvalue weighted by Gasteiger charge is 2.32. The lowest BCUT2D eigenvalue weighted by Gasteiger charge is -2.37. The number of carbonyl (C=O) groups excluding carboxylic acids is 1. The Morgan fingerprint density at radius 2 is 1.89 bits per heavy atom. The first-order chi connectivity index (χ1) is 13.1. The van der Waals surface area contributed by atoms with E-state index in [4.69, 9.17) is 14.2 Å². The van der Waals surface area contributed by atoms with Crippen molar-refractivity contribution in [3.63, 3.8) is 0 Å². The van der Waals surface area contributed by atoms with Gasteiger partial charge in [0.25, 0.3) is 0 Å². The molecule has 2 aromatic rings. The molecule has 144 valence electrons. The Balaban J connectivity index is 2.03. The standard InChI is InChI=1S/C22H27NO4/c1-4-22(10-5-11-23-15-22)27-18-12-19(20(14-24)21(13-18)26-3)16-6-8-17(25-2)9-7-16/h6-9,12-14,23H,4-5,10-11,15H2,1-3H3. The molecular formula is C22H27NO4. The summed E-state index contributed by atoms with van der Waals surface area (Å²) in [6.07, 6.45) is 3.84. The smallest absolute Gasteiger partial charge is 0.154 e. The summed E-state index contributed by atoms with van der Waals surface area (Å²) in [7, 11) is 3.20. The molecule has 0 radical (unpaired) electrons. The Labute approximate surface area is 160 Å². The number of ether oxygens (including phenoxy) is 3. The molecule has 1 aliphatic rings. The van der Waals surface area contributed by atoms with Gasteiger partial charge in [-0.15, -0.1) is 0 Å². The molecule has 1 saturated heterocycles. The summed E-state index contributed by atoms with van der Waals surface area (Å²) in [4.78, 5) is 11.8. The predicted molar refractivity (Wildman–Crippen MR) is 106 cm³/mol. The molecule has 27 heavy (non-hydrogen) atoms. The maximum atomic E-state index is 11.8. The topological polar surface area (TPSA) is 56.8 Å². The molecule has 5 nitrogen and oxygen atoms in total. The van der Waals surface area contributed by atoms with E-state index in [2.05, 4.69) is 12.2 Å². The van der Waals surface area contributed by atoms with E-state index >= 15 is 0 Å². The van der Waals surface area contributed by atoms with E-state index in [9.17, 15) is 4.79 Å². The molecule has 0 spiro atoms. The largest absolute Gasteiger partial charge is 0.497 e. The van der Waals surface area contributed by atoms with Crippen molar-refractivity contribution >= 4 is 6.29 Å². The van der Waals surface area contributed by atoms with Gasteiger partial charge in [-0.1, -0.05) is 19.1 Å². The number of hydrogen-bond acceptors (Lipinski definition) is 5. The van der Waals surface area contributed by atoms with Crippen molar-refractivity contribution in [3.8, 4) is 28.4 Å². The summed E-state index contributed by atoms with van der Waals surface area (Å²) in [5.41, 5.74) is 1.98. The van der Waals surface area contributed by atoms with Gasteiger partial charge in [-0.2, -0.15) is 0 Å². The third-order valence-corrected chi connectivity index (χ3v) is 5.27. The van der Waals surface area contributed by atoms with Gasteiger partial charge in [0.2, 0.25) is 0 Å². The average molecular weight is 369 g/mol. The molecule has 1 aliphatic heterocycles. The maximum absolute atomic E-state index is 11.8. The molecule has 1 unspecified atom stereocenters. The van der Waals surface area contributed by atoms with Gasteiger partial charge in [0.1, 0.15) is 22.8 Å². The lowest BCUT2D eigenvalue weighted by atomic mass is 9.91. The second-order valence-electron chi connectivity index (χ2n) is 6.85. The zero-order valence-corrected chi connectivity index (χ0v) is 16.2. The van der Waals surface area contributed by atoms with Gasteiger partial charge >= 0.3 is 0 Å². The first kappa shape index (κ1) is 19.2. The van der Waals surface area contributed by atoms with E-state index in [-0.39, 0.29) is 5.60 Å². The van der Waals surface area contributed by atoms with Crippen LogP contribution >= 0.6 is 0 Å². The van der Waals surface area contributed by atoms with Crippen LogP contribution in [0.4, 0.5) is 0 Å². The molecule has 3 rings (SSSR count). The fraction of sp³-hybridized carbons (Fsp3) is 0.409. The second-order valence-corrected chi connectivity index (χ2v) is 6.85. The monoisotopic (exact) mass is 369 g/mol. The zero-order valence-electron chi connectivity index (χ0n) is 16.2. The molecule has 1 atom stereocenters. The van der Waals surface area contributed by atoms with E-state index in [0.717, 1.165) is 55.5 Å². The molecule has 0 bridgehead atoms. The number of aldehydes is 1. The van der Waals surface area contributed by atoms with Gasteiger partial charge in [-0.25, -0.2) is 0 Å². The van der Waals surface area contributed by atoms with Gasteiger partial charge in [0.05, 0.1) is 19.8 Å². The molecule has 1 N–H and O–H groups in total. The van der Waals surface area contributed by atoms with Crippen molar-refractivity contribution in [2.75, 3.05) is 27.3 Å². The third kappa shape index (κ3) is 4.08. The first-order valence-corrected chi connectivity index (χ1v) is 9.36. The molecule has 0 aromatic heterocycles. The molecule has 0 amide bonds. The number of nitrogens with one attached hydrogen (secondary N) is 1. The van der Waals surface area contributed by atoms with Gasteiger partial charge < -0.3 is 19.5 Å². The van der Waals surface area contributed by atoms with Crippen LogP contribution in [0.3, 0.4) is 0 Å². The van der Waals surface area contributed by atoms with Crippen molar-refractivity contribution in [2.24, 2.45) is 0 Å². The fourth-order valence-electron chi connectivity index (χ4n) is 3.61. The van der Waals surface area contributed by atoms with Crippen molar-refractivity contribution in [1.82, 2.24) is 5.32 Å². The summed E-state index contributed by atoms with van der Waals surface area (Å²) in [6, 6.07) is 11.4. The third-order valence-electron chi connectivity index (χ3n) is 5.27. The Bertz CT molecular complexity index is 780. The van der Waals surface area contributed by atoms with E-state index in [0.29, 0.717) is 17.1 Å². The predicted octanol–water partition coefficient (Wildman–Crippen LogP) is 4.09. The van der Waals surface area contributed by atoms with Crippen LogP contribution in [0.1, 0.15) is 36.5 Å². The van der Waals surface area contributed by atoms with E-state index in [1.807, 2.05) is 36.4 Å². The first-order valence-electron chi connectivity index (χ1n) is 9.36. The number of benzene rings is 2. The molecule has 1 heterocycles. The Hall–Kier alpha value is -2.53. The number of carbonyl (C=O) groups is 1. The van der Waals surface area contributed by atoms with Gasteiger partial charge in [0.15, 0.2) is 6.29 Å². The van der Waals surface area contributed by atoms with Crippen LogP contribution in [0, 0.1) is 0 Å². The van der Waals surface area contributed by atoms with Gasteiger partial charge in [-0.05, 0) is 55.1 Å².